The Kier molecular flexibility index (Phi) is 5.16. The van der Waals surface area contributed by atoms with Gasteiger partial charge >= 0.3 is 0 Å². The molecule has 0 aromatic carbocycles. The molecule has 0 bridgehead atoms. The van der Waals surface area contributed by atoms with Crippen molar-refractivity contribution in [2.75, 3.05) is 0 Å². The molecule has 0 radical (unpaired) electrons. The van der Waals surface area contributed by atoms with E-state index in [9.17, 15) is 0 Å². The number of aromatic nitrogens is 2. The third-order valence-corrected chi connectivity index (χ3v) is 3.89. The quantitative estimate of drug-likeness (QED) is 0.498. The zero-order valence-corrected chi connectivity index (χ0v) is 12.2. The van der Waals surface area contributed by atoms with E-state index < -0.39 is 0 Å². The molecule has 3 N–H and O–H groups in total. The van der Waals surface area contributed by atoms with Gasteiger partial charge < -0.3 is 0 Å². The molecule has 106 valence electrons. The van der Waals surface area contributed by atoms with Crippen molar-refractivity contribution in [1.82, 2.24) is 15.2 Å². The fourth-order valence-corrected chi connectivity index (χ4v) is 2.91. The van der Waals surface area contributed by atoms with Gasteiger partial charge in [-0.1, -0.05) is 24.5 Å². The van der Waals surface area contributed by atoms with Crippen LogP contribution in [0.5, 0.6) is 0 Å². The molecule has 0 saturated heterocycles. The van der Waals surface area contributed by atoms with Crippen LogP contribution in [-0.2, 0) is 6.54 Å². The summed E-state index contributed by atoms with van der Waals surface area (Å²) in [6.45, 7) is 5.04. The molecule has 4 nitrogen and oxygen atoms in total. The molecule has 1 aromatic heterocycles. The van der Waals surface area contributed by atoms with Gasteiger partial charge in [0.15, 0.2) is 0 Å². The van der Waals surface area contributed by atoms with Gasteiger partial charge in [-0.05, 0) is 45.6 Å². The zero-order chi connectivity index (χ0) is 13.7. The number of allylic oxidation sites excluding steroid dienone is 1. The van der Waals surface area contributed by atoms with E-state index >= 15 is 0 Å². The maximum atomic E-state index is 5.83. The number of aryl methyl sites for hydroxylation is 2. The van der Waals surface area contributed by atoms with Gasteiger partial charge in [-0.25, -0.2) is 5.43 Å². The van der Waals surface area contributed by atoms with Crippen LogP contribution in [0, 0.1) is 6.92 Å². The molecule has 0 aliphatic heterocycles. The van der Waals surface area contributed by atoms with Gasteiger partial charge in [-0.3, -0.25) is 10.5 Å². The van der Waals surface area contributed by atoms with Crippen LogP contribution in [-0.4, -0.2) is 9.78 Å². The lowest BCUT2D eigenvalue weighted by atomic mass is 9.93. The van der Waals surface area contributed by atoms with Crippen LogP contribution in [0.2, 0.25) is 0 Å². The van der Waals surface area contributed by atoms with Crippen molar-refractivity contribution in [2.45, 2.75) is 65.0 Å². The zero-order valence-electron chi connectivity index (χ0n) is 12.2. The second-order valence-electron chi connectivity index (χ2n) is 5.36. The summed E-state index contributed by atoms with van der Waals surface area (Å²) >= 11 is 0. The highest BCUT2D eigenvalue weighted by Crippen LogP contribution is 2.28. The average Bonchev–Trinajstić information content (AvgIpc) is 2.73. The molecular weight excluding hydrogens is 236 g/mol. The SMILES string of the molecule is CCn1nc(C)cc1C(NN)/C1=C/CCCCCC1. The maximum absolute atomic E-state index is 5.83. The fourth-order valence-electron chi connectivity index (χ4n) is 2.91. The number of nitrogens with two attached hydrogens (primary N) is 1. The van der Waals surface area contributed by atoms with Crippen LogP contribution in [0.4, 0.5) is 0 Å². The Labute approximate surface area is 116 Å². The average molecular weight is 262 g/mol. The third kappa shape index (κ3) is 3.45. The van der Waals surface area contributed by atoms with Crippen molar-refractivity contribution >= 4 is 0 Å². The predicted octanol–water partition coefficient (Wildman–Crippen LogP) is 3.00. The molecule has 2 rings (SSSR count). The Balaban J connectivity index is 2.26. The highest BCUT2D eigenvalue weighted by atomic mass is 15.3. The van der Waals surface area contributed by atoms with Gasteiger partial charge in [0.2, 0.25) is 0 Å². The van der Waals surface area contributed by atoms with Crippen molar-refractivity contribution in [3.8, 4) is 0 Å². The van der Waals surface area contributed by atoms with Crippen LogP contribution >= 0.6 is 0 Å². The first kappa shape index (κ1) is 14.3. The minimum Gasteiger partial charge on any atom is -0.271 e. The second-order valence-corrected chi connectivity index (χ2v) is 5.36. The molecule has 1 aliphatic carbocycles. The lowest BCUT2D eigenvalue weighted by molar-refractivity contribution is 0.509. The standard InChI is InChI=1S/C15H26N4/c1-3-19-14(11-12(2)18-19)15(17-16)13-9-7-5-4-6-8-10-13/h9,11,15,17H,3-8,10,16H2,1-2H3/b13-9+. The first-order chi connectivity index (χ1) is 9.26. The summed E-state index contributed by atoms with van der Waals surface area (Å²) in [7, 11) is 0. The van der Waals surface area contributed by atoms with Crippen molar-refractivity contribution in [1.29, 1.82) is 0 Å². The molecule has 1 aliphatic rings. The van der Waals surface area contributed by atoms with Gasteiger partial charge in [0.25, 0.3) is 0 Å². The van der Waals surface area contributed by atoms with Crippen molar-refractivity contribution < 1.29 is 0 Å². The van der Waals surface area contributed by atoms with E-state index in [1.165, 1.54) is 43.4 Å². The van der Waals surface area contributed by atoms with Gasteiger partial charge in [0, 0.05) is 6.54 Å². The molecule has 19 heavy (non-hydrogen) atoms. The minimum atomic E-state index is 0.110. The Morgan fingerprint density at radius 1 is 1.37 bits per heavy atom. The van der Waals surface area contributed by atoms with Crippen molar-refractivity contribution in [3.63, 3.8) is 0 Å². The first-order valence-corrected chi connectivity index (χ1v) is 7.45. The second kappa shape index (κ2) is 6.87. The van der Waals surface area contributed by atoms with E-state index in [0.29, 0.717) is 0 Å². The lowest BCUT2D eigenvalue weighted by Crippen LogP contribution is -2.31. The van der Waals surface area contributed by atoms with Gasteiger partial charge in [0.1, 0.15) is 0 Å². The van der Waals surface area contributed by atoms with E-state index in [0.717, 1.165) is 18.7 Å². The summed E-state index contributed by atoms with van der Waals surface area (Å²) in [6.07, 6.45) is 9.95. The molecule has 0 saturated carbocycles. The number of rotatable bonds is 4. The monoisotopic (exact) mass is 262 g/mol. The summed E-state index contributed by atoms with van der Waals surface area (Å²) < 4.78 is 2.06. The van der Waals surface area contributed by atoms with E-state index in [1.54, 1.807) is 0 Å². The number of hydrazine groups is 1. The topological polar surface area (TPSA) is 55.9 Å². The molecular formula is C15H26N4. The molecule has 1 atom stereocenters. The highest BCUT2D eigenvalue weighted by molar-refractivity contribution is 5.24. The maximum Gasteiger partial charge on any atom is 0.0838 e. The number of nitrogens with one attached hydrogen (secondary N) is 1. The summed E-state index contributed by atoms with van der Waals surface area (Å²) in [6, 6.07) is 2.26. The number of hydrogen-bond donors (Lipinski definition) is 2. The summed E-state index contributed by atoms with van der Waals surface area (Å²) in [5.41, 5.74) is 6.67. The van der Waals surface area contributed by atoms with E-state index in [4.69, 9.17) is 5.84 Å². The summed E-state index contributed by atoms with van der Waals surface area (Å²) in [5.74, 6) is 5.83. The predicted molar refractivity (Wildman–Crippen MR) is 78.5 cm³/mol. The largest absolute Gasteiger partial charge is 0.271 e. The first-order valence-electron chi connectivity index (χ1n) is 7.45. The fraction of sp³-hybridized carbons (Fsp3) is 0.667. The van der Waals surface area contributed by atoms with Crippen LogP contribution in [0.15, 0.2) is 17.7 Å². The molecule has 4 heteroatoms. The normalized spacial score (nSPS) is 21.3. The Hall–Kier alpha value is -1.13. The summed E-state index contributed by atoms with van der Waals surface area (Å²) in [5, 5.41) is 4.53. The number of nitrogens with zero attached hydrogens (tertiary/aromatic N) is 2. The van der Waals surface area contributed by atoms with Crippen LogP contribution < -0.4 is 11.3 Å². The smallest absolute Gasteiger partial charge is 0.0838 e. The van der Waals surface area contributed by atoms with E-state index in [2.05, 4.69) is 34.3 Å². The van der Waals surface area contributed by atoms with Gasteiger partial charge in [-0.15, -0.1) is 0 Å². The summed E-state index contributed by atoms with van der Waals surface area (Å²) in [4.78, 5) is 0. The van der Waals surface area contributed by atoms with Gasteiger partial charge in [0.05, 0.1) is 17.4 Å². The van der Waals surface area contributed by atoms with Crippen LogP contribution in [0.25, 0.3) is 0 Å². The molecule has 1 aromatic rings. The highest BCUT2D eigenvalue weighted by Gasteiger charge is 2.20. The number of hydrogen-bond acceptors (Lipinski definition) is 3. The van der Waals surface area contributed by atoms with Crippen molar-refractivity contribution in [2.24, 2.45) is 5.84 Å². The Morgan fingerprint density at radius 2 is 2.16 bits per heavy atom. The van der Waals surface area contributed by atoms with E-state index in [1.807, 2.05) is 6.92 Å². The van der Waals surface area contributed by atoms with Gasteiger partial charge in [-0.2, -0.15) is 5.10 Å². The van der Waals surface area contributed by atoms with E-state index in [-0.39, 0.29) is 6.04 Å². The molecule has 1 unspecified atom stereocenters. The third-order valence-electron chi connectivity index (χ3n) is 3.89. The molecule has 0 spiro atoms. The minimum absolute atomic E-state index is 0.110. The molecule has 1 heterocycles. The van der Waals surface area contributed by atoms with Crippen LogP contribution in [0.3, 0.4) is 0 Å². The molecule has 0 fully saturated rings. The van der Waals surface area contributed by atoms with Crippen molar-refractivity contribution in [3.05, 3.63) is 29.1 Å². The van der Waals surface area contributed by atoms with Crippen LogP contribution in [0.1, 0.15) is 62.9 Å². The molecule has 0 amide bonds. The Bertz CT molecular complexity index is 433. The lowest BCUT2D eigenvalue weighted by Gasteiger charge is -2.22. The Morgan fingerprint density at radius 3 is 2.89 bits per heavy atom.